The van der Waals surface area contributed by atoms with Crippen LogP contribution in [0.3, 0.4) is 0 Å². The second kappa shape index (κ2) is 11.6. The molecule has 0 atom stereocenters. The van der Waals surface area contributed by atoms with Gasteiger partial charge in [-0.25, -0.2) is 9.98 Å². The molecule has 1 saturated heterocycles. The zero-order valence-corrected chi connectivity index (χ0v) is 19.3. The van der Waals surface area contributed by atoms with Crippen molar-refractivity contribution in [2.45, 2.75) is 52.6 Å². The highest BCUT2D eigenvalue weighted by atomic mass is 16.5. The fourth-order valence-electron chi connectivity index (χ4n) is 3.57. The SMILES string of the molecule is CCOCCCNC(=NCc1nnc(C)n1C)NC1CCN(c2cccc(C)n2)CC1. The predicted octanol–water partition coefficient (Wildman–Crippen LogP) is 1.96. The summed E-state index contributed by atoms with van der Waals surface area (Å²) in [7, 11) is 1.97. The van der Waals surface area contributed by atoms with Gasteiger partial charge in [-0.1, -0.05) is 6.07 Å². The lowest BCUT2D eigenvalue weighted by atomic mass is 10.1. The molecule has 0 unspecified atom stereocenters. The minimum atomic E-state index is 0.375. The van der Waals surface area contributed by atoms with Crippen molar-refractivity contribution in [2.75, 3.05) is 37.7 Å². The number of nitrogens with zero attached hydrogens (tertiary/aromatic N) is 6. The number of ether oxygens (including phenoxy) is 1. The molecule has 9 nitrogen and oxygen atoms in total. The van der Waals surface area contributed by atoms with Crippen LogP contribution in [-0.4, -0.2) is 64.6 Å². The number of aryl methyl sites for hydroxylation is 2. The standard InChI is InChI=1S/C22H36N8O/c1-5-31-15-7-12-23-22(24-16-21-28-27-18(3)29(21)4)26-19-10-13-30(14-11-19)20-9-6-8-17(2)25-20/h6,8-9,19H,5,7,10-16H2,1-4H3,(H2,23,24,26). The number of hydrogen-bond donors (Lipinski definition) is 2. The van der Waals surface area contributed by atoms with E-state index in [2.05, 4.69) is 42.8 Å². The third kappa shape index (κ3) is 6.92. The molecule has 1 aliphatic heterocycles. The lowest BCUT2D eigenvalue weighted by molar-refractivity contribution is 0.145. The molecule has 0 radical (unpaired) electrons. The van der Waals surface area contributed by atoms with Crippen LogP contribution in [0.2, 0.25) is 0 Å². The summed E-state index contributed by atoms with van der Waals surface area (Å²) in [5.74, 6) is 3.64. The van der Waals surface area contributed by atoms with Gasteiger partial charge in [0.15, 0.2) is 11.8 Å². The molecule has 1 fully saturated rings. The van der Waals surface area contributed by atoms with Gasteiger partial charge in [-0.15, -0.1) is 10.2 Å². The van der Waals surface area contributed by atoms with Crippen LogP contribution in [0.1, 0.15) is 43.5 Å². The molecule has 1 aliphatic rings. The molecule has 0 aromatic carbocycles. The van der Waals surface area contributed by atoms with E-state index in [9.17, 15) is 0 Å². The van der Waals surface area contributed by atoms with Gasteiger partial charge in [-0.05, 0) is 52.2 Å². The Bertz CT molecular complexity index is 842. The van der Waals surface area contributed by atoms with Crippen LogP contribution in [0.15, 0.2) is 23.2 Å². The summed E-state index contributed by atoms with van der Waals surface area (Å²) >= 11 is 0. The van der Waals surface area contributed by atoms with Gasteiger partial charge in [0.1, 0.15) is 18.2 Å². The predicted molar refractivity (Wildman–Crippen MR) is 123 cm³/mol. The van der Waals surface area contributed by atoms with Crippen LogP contribution in [0.5, 0.6) is 0 Å². The van der Waals surface area contributed by atoms with Gasteiger partial charge in [0, 0.05) is 51.6 Å². The molecular formula is C22H36N8O. The Labute approximate surface area is 185 Å². The van der Waals surface area contributed by atoms with Crippen LogP contribution in [-0.2, 0) is 18.3 Å². The summed E-state index contributed by atoms with van der Waals surface area (Å²) in [5, 5.41) is 15.4. The Morgan fingerprint density at radius 3 is 2.71 bits per heavy atom. The van der Waals surface area contributed by atoms with E-state index in [1.54, 1.807) is 0 Å². The molecule has 0 saturated carbocycles. The van der Waals surface area contributed by atoms with Gasteiger partial charge in [0.05, 0.1) is 0 Å². The van der Waals surface area contributed by atoms with Crippen molar-refractivity contribution in [3.8, 4) is 0 Å². The van der Waals surface area contributed by atoms with E-state index in [4.69, 9.17) is 9.73 Å². The molecule has 3 rings (SSSR count). The smallest absolute Gasteiger partial charge is 0.191 e. The van der Waals surface area contributed by atoms with E-state index < -0.39 is 0 Å². The molecule has 31 heavy (non-hydrogen) atoms. The van der Waals surface area contributed by atoms with Crippen molar-refractivity contribution in [3.05, 3.63) is 35.5 Å². The monoisotopic (exact) mass is 428 g/mol. The fraction of sp³-hybridized carbons (Fsp3) is 0.636. The topological polar surface area (TPSA) is 92.5 Å². The van der Waals surface area contributed by atoms with E-state index in [1.165, 1.54) is 0 Å². The largest absolute Gasteiger partial charge is 0.382 e. The lowest BCUT2D eigenvalue weighted by Gasteiger charge is -2.34. The zero-order chi connectivity index (χ0) is 22.1. The second-order valence-corrected chi connectivity index (χ2v) is 7.91. The minimum absolute atomic E-state index is 0.375. The molecule has 0 spiro atoms. The number of aromatic nitrogens is 4. The van der Waals surface area contributed by atoms with E-state index in [-0.39, 0.29) is 0 Å². The van der Waals surface area contributed by atoms with Gasteiger partial charge in [-0.2, -0.15) is 0 Å². The summed E-state index contributed by atoms with van der Waals surface area (Å²) in [6.07, 6.45) is 3.02. The Balaban J connectivity index is 1.56. The number of pyridine rings is 1. The third-order valence-electron chi connectivity index (χ3n) is 5.56. The Morgan fingerprint density at radius 2 is 2.03 bits per heavy atom. The first kappa shape index (κ1) is 23.0. The average molecular weight is 429 g/mol. The normalized spacial score (nSPS) is 15.4. The Hall–Kier alpha value is -2.68. The molecule has 0 amide bonds. The van der Waals surface area contributed by atoms with E-state index in [0.717, 1.165) is 81.2 Å². The molecule has 2 N–H and O–H groups in total. The van der Waals surface area contributed by atoms with Gasteiger partial charge in [0.25, 0.3) is 0 Å². The number of rotatable bonds is 9. The van der Waals surface area contributed by atoms with E-state index in [1.807, 2.05) is 38.5 Å². The van der Waals surface area contributed by atoms with Crippen LogP contribution in [0.25, 0.3) is 0 Å². The van der Waals surface area contributed by atoms with E-state index in [0.29, 0.717) is 12.6 Å². The summed E-state index contributed by atoms with van der Waals surface area (Å²) in [6, 6.07) is 6.58. The lowest BCUT2D eigenvalue weighted by Crippen LogP contribution is -2.49. The zero-order valence-electron chi connectivity index (χ0n) is 19.3. The second-order valence-electron chi connectivity index (χ2n) is 7.91. The molecule has 0 aliphatic carbocycles. The maximum atomic E-state index is 5.44. The maximum absolute atomic E-state index is 5.44. The number of hydrogen-bond acceptors (Lipinski definition) is 6. The van der Waals surface area contributed by atoms with Crippen molar-refractivity contribution >= 4 is 11.8 Å². The van der Waals surface area contributed by atoms with Gasteiger partial charge in [0.2, 0.25) is 0 Å². The first-order chi connectivity index (χ1) is 15.1. The molecule has 0 bridgehead atoms. The molecule has 170 valence electrons. The van der Waals surface area contributed by atoms with Crippen molar-refractivity contribution in [1.29, 1.82) is 0 Å². The van der Waals surface area contributed by atoms with Crippen LogP contribution >= 0.6 is 0 Å². The summed E-state index contributed by atoms with van der Waals surface area (Å²) in [5.41, 5.74) is 1.06. The van der Waals surface area contributed by atoms with Crippen LogP contribution in [0, 0.1) is 13.8 Å². The molecular weight excluding hydrogens is 392 g/mol. The number of guanidine groups is 1. The van der Waals surface area contributed by atoms with Crippen LogP contribution < -0.4 is 15.5 Å². The number of anilines is 1. The van der Waals surface area contributed by atoms with E-state index >= 15 is 0 Å². The van der Waals surface area contributed by atoms with Gasteiger partial charge >= 0.3 is 0 Å². The highest BCUT2D eigenvalue weighted by molar-refractivity contribution is 5.80. The number of aliphatic imine (C=N–C) groups is 1. The highest BCUT2D eigenvalue weighted by Crippen LogP contribution is 2.18. The minimum Gasteiger partial charge on any atom is -0.382 e. The summed E-state index contributed by atoms with van der Waals surface area (Å²) < 4.78 is 7.42. The quantitative estimate of drug-likeness (QED) is 0.358. The van der Waals surface area contributed by atoms with Crippen molar-refractivity contribution in [3.63, 3.8) is 0 Å². The highest BCUT2D eigenvalue weighted by Gasteiger charge is 2.21. The molecule has 2 aromatic rings. The first-order valence-corrected chi connectivity index (χ1v) is 11.2. The Morgan fingerprint density at radius 1 is 1.23 bits per heavy atom. The van der Waals surface area contributed by atoms with Crippen molar-refractivity contribution in [1.82, 2.24) is 30.4 Å². The maximum Gasteiger partial charge on any atom is 0.191 e. The molecule has 3 heterocycles. The number of nitrogens with one attached hydrogen (secondary N) is 2. The van der Waals surface area contributed by atoms with Gasteiger partial charge < -0.3 is 24.8 Å². The number of piperidine rings is 1. The average Bonchev–Trinajstić information content (AvgIpc) is 3.10. The Kier molecular flexibility index (Phi) is 8.63. The first-order valence-electron chi connectivity index (χ1n) is 11.2. The summed E-state index contributed by atoms with van der Waals surface area (Å²) in [6.45, 7) is 10.8. The van der Waals surface area contributed by atoms with Gasteiger partial charge in [-0.3, -0.25) is 0 Å². The third-order valence-corrected chi connectivity index (χ3v) is 5.56. The molecule has 2 aromatic heterocycles. The summed E-state index contributed by atoms with van der Waals surface area (Å²) in [4.78, 5) is 11.8. The van der Waals surface area contributed by atoms with Crippen molar-refractivity contribution in [2.24, 2.45) is 12.0 Å². The fourth-order valence-corrected chi connectivity index (χ4v) is 3.57. The molecule has 9 heteroatoms. The van der Waals surface area contributed by atoms with Crippen molar-refractivity contribution < 1.29 is 4.74 Å². The van der Waals surface area contributed by atoms with Crippen LogP contribution in [0.4, 0.5) is 5.82 Å².